The van der Waals surface area contributed by atoms with Gasteiger partial charge < -0.3 is 22.6 Å². The van der Waals surface area contributed by atoms with E-state index in [0.717, 1.165) is 76.1 Å². The molecule has 2 aliphatic rings. The summed E-state index contributed by atoms with van der Waals surface area (Å²) in [6.45, 7) is 15.8. The molecule has 0 amide bonds. The van der Waals surface area contributed by atoms with E-state index in [1.54, 1.807) is 0 Å². The first-order valence-corrected chi connectivity index (χ1v) is 32.8. The van der Waals surface area contributed by atoms with Crippen LogP contribution in [0.2, 0.25) is 0 Å². The second-order valence-electron chi connectivity index (χ2n) is 22.5. The molecule has 2 saturated carbocycles. The Labute approximate surface area is 441 Å². The maximum atomic E-state index is 6.86. The molecule has 6 nitrogen and oxygen atoms in total. The molecular formula is C63H110O6P2. The molecule has 71 heavy (non-hydrogen) atoms. The molecule has 8 heteroatoms. The number of hydrogen-bond donors (Lipinski definition) is 0. The lowest BCUT2D eigenvalue weighted by Crippen LogP contribution is -2.38. The topological polar surface area (TPSA) is 55.4 Å². The summed E-state index contributed by atoms with van der Waals surface area (Å²) >= 11 is 0. The first-order valence-electron chi connectivity index (χ1n) is 30.6. The summed E-state index contributed by atoms with van der Waals surface area (Å²) in [7, 11) is -2.91. The highest BCUT2D eigenvalue weighted by Gasteiger charge is 2.42. The molecule has 0 radical (unpaired) electrons. The monoisotopic (exact) mass is 1020 g/mol. The van der Waals surface area contributed by atoms with Gasteiger partial charge in [0.2, 0.25) is 0 Å². The third kappa shape index (κ3) is 27.9. The minimum atomic E-state index is -1.62. The largest absolute Gasteiger partial charge is 0.463 e. The Bertz CT molecular complexity index is 1420. The van der Waals surface area contributed by atoms with Gasteiger partial charge in [0.15, 0.2) is 0 Å². The molecule has 0 aliphatic heterocycles. The average molecular weight is 1030 g/mol. The van der Waals surface area contributed by atoms with Crippen LogP contribution in [0.1, 0.15) is 284 Å². The van der Waals surface area contributed by atoms with E-state index in [-0.39, 0.29) is 17.6 Å². The molecule has 2 aliphatic carbocycles. The summed E-state index contributed by atoms with van der Waals surface area (Å²) < 4.78 is 39.6. The van der Waals surface area contributed by atoms with Crippen LogP contribution in [0.3, 0.4) is 0 Å². The van der Waals surface area contributed by atoms with Crippen LogP contribution in [0, 0.1) is 17.3 Å². The molecule has 408 valence electrons. The molecule has 2 fully saturated rings. The first kappa shape index (κ1) is 62.3. The van der Waals surface area contributed by atoms with Gasteiger partial charge in [0.1, 0.15) is 11.5 Å². The molecule has 0 heterocycles. The van der Waals surface area contributed by atoms with Gasteiger partial charge >= 0.3 is 17.2 Å². The minimum absolute atomic E-state index is 0.131. The Morgan fingerprint density at radius 3 is 1.00 bits per heavy atom. The van der Waals surface area contributed by atoms with Crippen molar-refractivity contribution in [3.63, 3.8) is 0 Å². The maximum absolute atomic E-state index is 6.86. The van der Waals surface area contributed by atoms with E-state index in [9.17, 15) is 0 Å². The van der Waals surface area contributed by atoms with Crippen molar-refractivity contribution in [2.24, 2.45) is 17.3 Å². The average Bonchev–Trinajstić information content (AvgIpc) is 3.38. The third-order valence-electron chi connectivity index (χ3n) is 16.2. The van der Waals surface area contributed by atoms with E-state index < -0.39 is 17.2 Å². The second-order valence-corrected chi connectivity index (χ2v) is 24.7. The summed E-state index contributed by atoms with van der Waals surface area (Å²) in [5.74, 6) is 3.04. The molecule has 0 saturated heterocycles. The fourth-order valence-electron chi connectivity index (χ4n) is 11.1. The lowest BCUT2D eigenvalue weighted by molar-refractivity contribution is 0.00531. The molecule has 2 aromatic rings. The van der Waals surface area contributed by atoms with Crippen LogP contribution in [0.15, 0.2) is 48.5 Å². The fraction of sp³-hybridized carbons (Fsp3) is 0.810. The summed E-state index contributed by atoms with van der Waals surface area (Å²) in [4.78, 5) is 0. The standard InChI is InChI=1S/C63H110O6P2/c1-7-11-15-19-23-27-31-35-55-37-45-59(46-38-55)67-71(68-60-47-39-56(40-48-60)36-32-28-24-20-16-12-8-2)69-62-51-43-58(44-52-62)63(5,6)57-41-49-61(50-42-57)66-70(64-53-33-29-25-21-17-13-9-3)65-54-34-30-26-22-18-14-10-4/h37-40,45-48,57-58,61-62H,7-36,41-44,49-54H2,1-6H3. The molecule has 0 atom stereocenters. The van der Waals surface area contributed by atoms with Crippen LogP contribution in [0.5, 0.6) is 11.5 Å². The van der Waals surface area contributed by atoms with Crippen molar-refractivity contribution >= 4 is 17.2 Å². The molecule has 0 N–H and O–H groups in total. The van der Waals surface area contributed by atoms with Gasteiger partial charge in [-0.25, -0.2) is 0 Å². The highest BCUT2D eigenvalue weighted by molar-refractivity contribution is 7.42. The molecule has 4 rings (SSSR count). The number of benzene rings is 2. The molecule has 0 spiro atoms. The quantitative estimate of drug-likeness (QED) is 0.0487. The molecule has 0 aromatic heterocycles. The number of rotatable bonds is 44. The summed E-state index contributed by atoms with van der Waals surface area (Å²) in [6.07, 6.45) is 48.4. The van der Waals surface area contributed by atoms with E-state index in [4.69, 9.17) is 27.1 Å². The van der Waals surface area contributed by atoms with Crippen molar-refractivity contribution in [3.05, 3.63) is 59.7 Å². The van der Waals surface area contributed by atoms with E-state index in [2.05, 4.69) is 90.1 Å². The molecule has 0 unspecified atom stereocenters. The molecule has 0 bridgehead atoms. The number of aryl methyl sites for hydroxylation is 2. The Morgan fingerprint density at radius 1 is 0.366 bits per heavy atom. The Hall–Kier alpha value is -1.26. The zero-order valence-corrected chi connectivity index (χ0v) is 48.8. The van der Waals surface area contributed by atoms with Crippen LogP contribution < -0.4 is 9.05 Å². The van der Waals surface area contributed by atoms with E-state index in [1.807, 2.05) is 0 Å². The van der Waals surface area contributed by atoms with Crippen LogP contribution in [-0.4, -0.2) is 25.4 Å². The van der Waals surface area contributed by atoms with Crippen molar-refractivity contribution in [3.8, 4) is 11.5 Å². The lowest BCUT2D eigenvalue weighted by atomic mass is 9.60. The zero-order valence-electron chi connectivity index (χ0n) is 47.1. The first-order chi connectivity index (χ1) is 34.8. The SMILES string of the molecule is CCCCCCCCCOP(OCCCCCCCCC)OC1CCC(C(C)(C)C2CCC(OP(Oc3ccc(CCCCCCCCC)cc3)Oc3ccc(CCCCCCCCC)cc3)CC2)CC1. The molecular weight excluding hydrogens is 915 g/mol. The normalized spacial score (nSPS) is 18.7. The highest BCUT2D eigenvalue weighted by Crippen LogP contribution is 2.53. The van der Waals surface area contributed by atoms with Crippen molar-refractivity contribution in [1.82, 2.24) is 0 Å². The predicted molar refractivity (Wildman–Crippen MR) is 307 cm³/mol. The van der Waals surface area contributed by atoms with Gasteiger partial charge in [0.25, 0.3) is 0 Å². The van der Waals surface area contributed by atoms with Crippen LogP contribution in [-0.2, 0) is 30.9 Å². The van der Waals surface area contributed by atoms with Crippen molar-refractivity contribution < 1.29 is 27.1 Å². The molecule has 2 aromatic carbocycles. The van der Waals surface area contributed by atoms with Gasteiger partial charge in [-0.2, -0.15) is 0 Å². The lowest BCUT2D eigenvalue weighted by Gasteiger charge is -2.46. The Kier molecular flexibility index (Phi) is 35.1. The minimum Gasteiger partial charge on any atom is -0.418 e. The van der Waals surface area contributed by atoms with Gasteiger partial charge in [0, 0.05) is 0 Å². The van der Waals surface area contributed by atoms with E-state index >= 15 is 0 Å². The highest BCUT2D eigenvalue weighted by atomic mass is 31.2. The van der Waals surface area contributed by atoms with Crippen LogP contribution in [0.4, 0.5) is 0 Å². The van der Waals surface area contributed by atoms with Gasteiger partial charge in [0.05, 0.1) is 25.4 Å². The maximum Gasteiger partial charge on any atom is 0.463 e. The predicted octanol–water partition coefficient (Wildman–Crippen LogP) is 21.9. The Morgan fingerprint density at radius 2 is 0.662 bits per heavy atom. The third-order valence-corrected chi connectivity index (χ3v) is 18.6. The van der Waals surface area contributed by atoms with Crippen molar-refractivity contribution in [2.45, 2.75) is 298 Å². The van der Waals surface area contributed by atoms with Crippen LogP contribution in [0.25, 0.3) is 0 Å². The van der Waals surface area contributed by atoms with Crippen LogP contribution >= 0.6 is 17.2 Å². The zero-order chi connectivity index (χ0) is 50.5. The van der Waals surface area contributed by atoms with Gasteiger partial charge in [-0.3, -0.25) is 4.52 Å². The second kappa shape index (κ2) is 40.1. The van der Waals surface area contributed by atoms with Gasteiger partial charge in [-0.1, -0.05) is 220 Å². The van der Waals surface area contributed by atoms with Crippen molar-refractivity contribution in [2.75, 3.05) is 13.2 Å². The van der Waals surface area contributed by atoms with Crippen molar-refractivity contribution in [1.29, 1.82) is 0 Å². The summed E-state index contributed by atoms with van der Waals surface area (Å²) in [5.41, 5.74) is 3.03. The van der Waals surface area contributed by atoms with E-state index in [0.29, 0.717) is 11.8 Å². The smallest absolute Gasteiger partial charge is 0.418 e. The summed E-state index contributed by atoms with van der Waals surface area (Å²) in [6, 6.07) is 17.4. The number of hydrogen-bond acceptors (Lipinski definition) is 6. The number of unbranched alkanes of at least 4 members (excludes halogenated alkanes) is 24. The van der Waals surface area contributed by atoms with Gasteiger partial charge in [-0.05, 0) is 143 Å². The van der Waals surface area contributed by atoms with E-state index in [1.165, 1.54) is 204 Å². The summed E-state index contributed by atoms with van der Waals surface area (Å²) in [5, 5.41) is 0. The van der Waals surface area contributed by atoms with Gasteiger partial charge in [-0.15, -0.1) is 0 Å². The fourth-order valence-corrected chi connectivity index (χ4v) is 13.5. The Balaban J connectivity index is 1.26.